The van der Waals surface area contributed by atoms with Crippen LogP contribution >= 0.6 is 0 Å². The lowest BCUT2D eigenvalue weighted by Gasteiger charge is -2.19. The van der Waals surface area contributed by atoms with Crippen molar-refractivity contribution in [1.29, 1.82) is 0 Å². The van der Waals surface area contributed by atoms with Crippen LogP contribution in [0.15, 0.2) is 18.3 Å². The first-order valence-electron chi connectivity index (χ1n) is 5.98. The van der Waals surface area contributed by atoms with E-state index in [9.17, 15) is 0 Å². The zero-order valence-electron chi connectivity index (χ0n) is 11.1. The lowest BCUT2D eigenvalue weighted by Crippen LogP contribution is -2.22. The van der Waals surface area contributed by atoms with Gasteiger partial charge in [0, 0.05) is 18.8 Å². The molecule has 1 N–H and O–H groups in total. The fraction of sp³-hybridized carbons (Fsp3) is 0.615. The van der Waals surface area contributed by atoms with Gasteiger partial charge in [-0.1, -0.05) is 0 Å². The number of rotatable bonds is 6. The summed E-state index contributed by atoms with van der Waals surface area (Å²) in [7, 11) is 0. The highest BCUT2D eigenvalue weighted by atomic mass is 16.5. The number of ether oxygens (including phenoxy) is 2. The number of aromatic nitrogens is 1. The highest BCUT2D eigenvalue weighted by molar-refractivity contribution is 5.40. The van der Waals surface area contributed by atoms with Crippen LogP contribution in [0, 0.1) is 0 Å². The van der Waals surface area contributed by atoms with Gasteiger partial charge < -0.3 is 14.8 Å². The first kappa shape index (κ1) is 13.8. The average molecular weight is 238 g/mol. The SMILES string of the molecule is CCNc1cc(OCCOC(C)(C)C)ccn1. The van der Waals surface area contributed by atoms with Crippen molar-refractivity contribution in [2.75, 3.05) is 25.1 Å². The number of hydrogen-bond donors (Lipinski definition) is 1. The monoisotopic (exact) mass is 238 g/mol. The Balaban J connectivity index is 2.34. The molecule has 0 aliphatic heterocycles. The smallest absolute Gasteiger partial charge is 0.129 e. The van der Waals surface area contributed by atoms with E-state index in [4.69, 9.17) is 9.47 Å². The van der Waals surface area contributed by atoms with E-state index in [0.717, 1.165) is 18.1 Å². The predicted molar refractivity (Wildman–Crippen MR) is 69.6 cm³/mol. The van der Waals surface area contributed by atoms with Crippen molar-refractivity contribution in [1.82, 2.24) is 4.98 Å². The summed E-state index contributed by atoms with van der Waals surface area (Å²) in [5.74, 6) is 1.65. The highest BCUT2D eigenvalue weighted by Gasteiger charge is 2.09. The minimum absolute atomic E-state index is 0.115. The van der Waals surface area contributed by atoms with Crippen LogP contribution in [-0.2, 0) is 4.74 Å². The molecule has 0 aliphatic carbocycles. The van der Waals surface area contributed by atoms with Crippen LogP contribution in [-0.4, -0.2) is 30.3 Å². The zero-order valence-corrected chi connectivity index (χ0v) is 11.1. The molecule has 0 fully saturated rings. The van der Waals surface area contributed by atoms with Gasteiger partial charge in [0.2, 0.25) is 0 Å². The number of pyridine rings is 1. The van der Waals surface area contributed by atoms with E-state index in [2.05, 4.69) is 10.3 Å². The molecule has 0 spiro atoms. The van der Waals surface area contributed by atoms with E-state index in [1.54, 1.807) is 6.20 Å². The molecule has 0 aliphatic rings. The fourth-order valence-corrected chi connectivity index (χ4v) is 1.29. The van der Waals surface area contributed by atoms with E-state index >= 15 is 0 Å². The van der Waals surface area contributed by atoms with Gasteiger partial charge >= 0.3 is 0 Å². The van der Waals surface area contributed by atoms with Crippen molar-refractivity contribution < 1.29 is 9.47 Å². The minimum atomic E-state index is -0.115. The van der Waals surface area contributed by atoms with Crippen molar-refractivity contribution in [3.8, 4) is 5.75 Å². The Morgan fingerprint density at radius 1 is 1.29 bits per heavy atom. The summed E-state index contributed by atoms with van der Waals surface area (Å²) < 4.78 is 11.2. The molecule has 0 aromatic carbocycles. The van der Waals surface area contributed by atoms with Crippen LogP contribution < -0.4 is 10.1 Å². The van der Waals surface area contributed by atoms with E-state index < -0.39 is 0 Å². The maximum absolute atomic E-state index is 5.58. The van der Waals surface area contributed by atoms with Crippen LogP contribution in [0.5, 0.6) is 5.75 Å². The van der Waals surface area contributed by atoms with Crippen molar-refractivity contribution in [2.24, 2.45) is 0 Å². The first-order valence-corrected chi connectivity index (χ1v) is 5.98. The summed E-state index contributed by atoms with van der Waals surface area (Å²) in [6, 6.07) is 3.73. The van der Waals surface area contributed by atoms with E-state index in [1.807, 2.05) is 39.8 Å². The molecule has 96 valence electrons. The maximum Gasteiger partial charge on any atom is 0.129 e. The Hall–Kier alpha value is -1.29. The molecular formula is C13H22N2O2. The van der Waals surface area contributed by atoms with Crippen LogP contribution in [0.2, 0.25) is 0 Å². The van der Waals surface area contributed by atoms with Gasteiger partial charge in [-0.15, -0.1) is 0 Å². The normalized spacial score (nSPS) is 11.3. The molecule has 0 saturated carbocycles. The molecule has 0 bridgehead atoms. The molecule has 17 heavy (non-hydrogen) atoms. The molecule has 0 amide bonds. The zero-order chi connectivity index (χ0) is 12.7. The second-order valence-electron chi connectivity index (χ2n) is 4.72. The van der Waals surface area contributed by atoms with E-state index in [0.29, 0.717) is 13.2 Å². The second kappa shape index (κ2) is 6.45. The van der Waals surface area contributed by atoms with Crippen molar-refractivity contribution in [3.05, 3.63) is 18.3 Å². The molecule has 1 heterocycles. The van der Waals surface area contributed by atoms with Crippen LogP contribution in [0.25, 0.3) is 0 Å². The van der Waals surface area contributed by atoms with Gasteiger partial charge in [0.15, 0.2) is 0 Å². The lowest BCUT2D eigenvalue weighted by molar-refractivity contribution is -0.0163. The van der Waals surface area contributed by atoms with Gasteiger partial charge in [-0.2, -0.15) is 0 Å². The average Bonchev–Trinajstić information content (AvgIpc) is 2.24. The summed E-state index contributed by atoms with van der Waals surface area (Å²) in [6.07, 6.45) is 1.73. The molecule has 4 heteroatoms. The second-order valence-corrected chi connectivity index (χ2v) is 4.72. The van der Waals surface area contributed by atoms with Crippen molar-refractivity contribution in [3.63, 3.8) is 0 Å². The number of nitrogens with one attached hydrogen (secondary N) is 1. The predicted octanol–water partition coefficient (Wildman–Crippen LogP) is 2.71. The lowest BCUT2D eigenvalue weighted by atomic mass is 10.2. The Labute approximate surface area is 103 Å². The Kier molecular flexibility index (Phi) is 5.22. The summed E-state index contributed by atoms with van der Waals surface area (Å²) in [4.78, 5) is 4.17. The van der Waals surface area contributed by atoms with Crippen molar-refractivity contribution in [2.45, 2.75) is 33.3 Å². The molecular weight excluding hydrogens is 216 g/mol. The van der Waals surface area contributed by atoms with Gasteiger partial charge in [0.25, 0.3) is 0 Å². The largest absolute Gasteiger partial charge is 0.491 e. The highest BCUT2D eigenvalue weighted by Crippen LogP contribution is 2.14. The molecule has 0 radical (unpaired) electrons. The summed E-state index contributed by atoms with van der Waals surface area (Å²) in [5.41, 5.74) is -0.115. The summed E-state index contributed by atoms with van der Waals surface area (Å²) in [6.45, 7) is 10.1. The molecule has 1 aromatic heterocycles. The van der Waals surface area contributed by atoms with E-state index in [1.165, 1.54) is 0 Å². The van der Waals surface area contributed by atoms with Crippen LogP contribution in [0.3, 0.4) is 0 Å². The Morgan fingerprint density at radius 2 is 2.06 bits per heavy atom. The number of anilines is 1. The topological polar surface area (TPSA) is 43.4 Å². The molecule has 4 nitrogen and oxygen atoms in total. The minimum Gasteiger partial charge on any atom is -0.491 e. The number of nitrogens with zero attached hydrogens (tertiary/aromatic N) is 1. The third kappa shape index (κ3) is 6.12. The number of hydrogen-bond acceptors (Lipinski definition) is 4. The van der Waals surface area contributed by atoms with Gasteiger partial charge in [-0.3, -0.25) is 0 Å². The third-order valence-corrected chi connectivity index (χ3v) is 1.98. The molecule has 1 aromatic rings. The summed E-state index contributed by atoms with van der Waals surface area (Å²) >= 11 is 0. The molecule has 0 atom stereocenters. The van der Waals surface area contributed by atoms with Gasteiger partial charge in [-0.05, 0) is 33.8 Å². The van der Waals surface area contributed by atoms with Gasteiger partial charge in [-0.25, -0.2) is 4.98 Å². The quantitative estimate of drug-likeness (QED) is 0.774. The third-order valence-electron chi connectivity index (χ3n) is 1.98. The molecule has 0 saturated heterocycles. The molecule has 0 unspecified atom stereocenters. The maximum atomic E-state index is 5.58. The van der Waals surface area contributed by atoms with Crippen LogP contribution in [0.4, 0.5) is 5.82 Å². The Morgan fingerprint density at radius 3 is 2.71 bits per heavy atom. The van der Waals surface area contributed by atoms with Gasteiger partial charge in [0.05, 0.1) is 12.2 Å². The Bertz CT molecular complexity index is 334. The molecule has 1 rings (SSSR count). The first-order chi connectivity index (χ1) is 8.01. The standard InChI is InChI=1S/C13H22N2O2/c1-5-14-12-10-11(6-7-15-12)16-8-9-17-13(2,3)4/h6-7,10H,5,8-9H2,1-4H3,(H,14,15). The summed E-state index contributed by atoms with van der Waals surface area (Å²) in [5, 5.41) is 3.14. The van der Waals surface area contributed by atoms with Crippen LogP contribution in [0.1, 0.15) is 27.7 Å². The van der Waals surface area contributed by atoms with Crippen molar-refractivity contribution >= 4 is 5.82 Å². The fourth-order valence-electron chi connectivity index (χ4n) is 1.29. The van der Waals surface area contributed by atoms with Gasteiger partial charge in [0.1, 0.15) is 18.2 Å². The van der Waals surface area contributed by atoms with E-state index in [-0.39, 0.29) is 5.60 Å².